The Bertz CT molecular complexity index is 731. The molecule has 0 fully saturated rings. The number of para-hydroxylation sites is 1. The highest BCUT2D eigenvalue weighted by molar-refractivity contribution is 5.83. The van der Waals surface area contributed by atoms with Crippen molar-refractivity contribution in [3.8, 4) is 11.3 Å². The van der Waals surface area contributed by atoms with Crippen LogP contribution < -0.4 is 5.32 Å². The summed E-state index contributed by atoms with van der Waals surface area (Å²) in [4.78, 5) is 0. The van der Waals surface area contributed by atoms with E-state index in [0.717, 1.165) is 30.5 Å². The molecule has 1 heterocycles. The van der Waals surface area contributed by atoms with Crippen molar-refractivity contribution in [2.24, 2.45) is 0 Å². The van der Waals surface area contributed by atoms with Gasteiger partial charge in [-0.2, -0.15) is 0 Å². The Kier molecular flexibility index (Phi) is 4.02. The molecular weight excluding hydrogens is 265 g/mol. The summed E-state index contributed by atoms with van der Waals surface area (Å²) in [5.74, 6) is 0.377. The maximum absolute atomic E-state index is 13.7. The topological polar surface area (TPSA) is 25.2 Å². The first-order chi connectivity index (χ1) is 10.3. The highest BCUT2D eigenvalue weighted by Gasteiger charge is 2.09. The van der Waals surface area contributed by atoms with Crippen molar-refractivity contribution < 1.29 is 8.81 Å². The first-order valence-electron chi connectivity index (χ1n) is 7.26. The normalized spacial score (nSPS) is 11.1. The molecule has 2 nitrogen and oxygen atoms in total. The van der Waals surface area contributed by atoms with Crippen molar-refractivity contribution in [1.29, 1.82) is 0 Å². The van der Waals surface area contributed by atoms with E-state index in [-0.39, 0.29) is 5.82 Å². The van der Waals surface area contributed by atoms with Gasteiger partial charge in [0.25, 0.3) is 0 Å². The van der Waals surface area contributed by atoms with Crippen molar-refractivity contribution in [2.45, 2.75) is 19.9 Å². The van der Waals surface area contributed by atoms with E-state index < -0.39 is 0 Å². The highest BCUT2D eigenvalue weighted by atomic mass is 19.1. The third kappa shape index (κ3) is 2.98. The molecule has 0 saturated carbocycles. The number of hydrogen-bond acceptors (Lipinski definition) is 2. The van der Waals surface area contributed by atoms with E-state index in [1.165, 1.54) is 11.6 Å². The monoisotopic (exact) mass is 283 g/mol. The van der Waals surface area contributed by atoms with Gasteiger partial charge >= 0.3 is 0 Å². The molecular formula is C18H18FNO. The summed E-state index contributed by atoms with van der Waals surface area (Å²) in [6, 6.07) is 15.0. The summed E-state index contributed by atoms with van der Waals surface area (Å²) in [7, 11) is 0. The zero-order chi connectivity index (χ0) is 14.7. The van der Waals surface area contributed by atoms with Gasteiger partial charge in [0.05, 0.1) is 0 Å². The quantitative estimate of drug-likeness (QED) is 0.684. The first kappa shape index (κ1) is 13.8. The van der Waals surface area contributed by atoms with Gasteiger partial charge in [-0.05, 0) is 30.7 Å². The Morgan fingerprint density at radius 2 is 1.90 bits per heavy atom. The maximum atomic E-state index is 13.7. The number of benzene rings is 2. The van der Waals surface area contributed by atoms with Crippen molar-refractivity contribution in [2.75, 3.05) is 6.54 Å². The number of halogens is 1. The molecule has 0 saturated heterocycles. The summed E-state index contributed by atoms with van der Waals surface area (Å²) in [6.45, 7) is 4.03. The summed E-state index contributed by atoms with van der Waals surface area (Å²) in [5, 5.41) is 4.16. The maximum Gasteiger partial charge on any atom is 0.170 e. The second kappa shape index (κ2) is 6.10. The van der Waals surface area contributed by atoms with Crippen LogP contribution in [-0.2, 0) is 6.54 Å². The molecule has 0 radical (unpaired) electrons. The Morgan fingerprint density at radius 3 is 2.62 bits per heavy atom. The Labute approximate surface area is 123 Å². The van der Waals surface area contributed by atoms with Crippen molar-refractivity contribution in [3.05, 3.63) is 59.9 Å². The van der Waals surface area contributed by atoms with E-state index in [2.05, 4.69) is 24.4 Å². The molecule has 108 valence electrons. The zero-order valence-electron chi connectivity index (χ0n) is 12.0. The first-order valence-corrected chi connectivity index (χ1v) is 7.26. The molecule has 0 aliphatic carbocycles. The predicted octanol–water partition coefficient (Wildman–Crippen LogP) is 4.74. The van der Waals surface area contributed by atoms with Crippen LogP contribution in [0.1, 0.15) is 18.9 Å². The molecule has 1 N–H and O–H groups in total. The van der Waals surface area contributed by atoms with Crippen molar-refractivity contribution >= 4 is 11.0 Å². The molecule has 0 spiro atoms. The van der Waals surface area contributed by atoms with E-state index in [1.807, 2.05) is 24.3 Å². The fourth-order valence-corrected chi connectivity index (χ4v) is 2.37. The standard InChI is InChI=1S/C18H18FNO/c1-2-10-20-12-13-6-8-14(9-7-13)17-11-15-4-3-5-16(19)18(15)21-17/h3-9,11,20H,2,10,12H2,1H3. The second-order valence-electron chi connectivity index (χ2n) is 5.14. The number of rotatable bonds is 5. The fraction of sp³-hybridized carbons (Fsp3) is 0.222. The van der Waals surface area contributed by atoms with E-state index in [9.17, 15) is 4.39 Å². The Hall–Kier alpha value is -2.13. The number of fused-ring (bicyclic) bond motifs is 1. The lowest BCUT2D eigenvalue weighted by atomic mass is 10.1. The van der Waals surface area contributed by atoms with Crippen LogP contribution in [0.5, 0.6) is 0 Å². The van der Waals surface area contributed by atoms with Gasteiger partial charge in [0, 0.05) is 17.5 Å². The molecule has 3 heteroatoms. The van der Waals surface area contributed by atoms with E-state index in [4.69, 9.17) is 4.42 Å². The van der Waals surface area contributed by atoms with Crippen LogP contribution in [0, 0.1) is 5.82 Å². The molecule has 0 aliphatic rings. The van der Waals surface area contributed by atoms with E-state index in [1.54, 1.807) is 6.07 Å². The third-order valence-corrected chi connectivity index (χ3v) is 3.49. The SMILES string of the molecule is CCCNCc1ccc(-c2cc3cccc(F)c3o2)cc1. The van der Waals surface area contributed by atoms with Gasteiger partial charge in [-0.15, -0.1) is 0 Å². The van der Waals surface area contributed by atoms with Crippen molar-refractivity contribution in [3.63, 3.8) is 0 Å². The van der Waals surface area contributed by atoms with Gasteiger partial charge in [0.2, 0.25) is 0 Å². The average molecular weight is 283 g/mol. The summed E-state index contributed by atoms with van der Waals surface area (Å²) in [6.07, 6.45) is 1.13. The molecule has 0 unspecified atom stereocenters. The average Bonchev–Trinajstić information content (AvgIpc) is 2.94. The number of furan rings is 1. The third-order valence-electron chi connectivity index (χ3n) is 3.49. The molecule has 0 bridgehead atoms. The van der Waals surface area contributed by atoms with Gasteiger partial charge in [0.1, 0.15) is 5.76 Å². The molecule has 0 amide bonds. The van der Waals surface area contributed by atoms with Crippen LogP contribution in [0.2, 0.25) is 0 Å². The summed E-state index contributed by atoms with van der Waals surface area (Å²) < 4.78 is 19.3. The Balaban J connectivity index is 1.83. The second-order valence-corrected chi connectivity index (χ2v) is 5.14. The molecule has 3 rings (SSSR count). The lowest BCUT2D eigenvalue weighted by molar-refractivity contribution is 0.569. The molecule has 2 aromatic carbocycles. The van der Waals surface area contributed by atoms with E-state index >= 15 is 0 Å². The molecule has 21 heavy (non-hydrogen) atoms. The van der Waals surface area contributed by atoms with Crippen LogP contribution in [0.25, 0.3) is 22.3 Å². The van der Waals surface area contributed by atoms with E-state index in [0.29, 0.717) is 11.3 Å². The van der Waals surface area contributed by atoms with Crippen LogP contribution in [0.4, 0.5) is 4.39 Å². The largest absolute Gasteiger partial charge is 0.453 e. The minimum Gasteiger partial charge on any atom is -0.453 e. The summed E-state index contributed by atoms with van der Waals surface area (Å²) >= 11 is 0. The predicted molar refractivity (Wildman–Crippen MR) is 83.6 cm³/mol. The minimum absolute atomic E-state index is 0.320. The van der Waals surface area contributed by atoms with Crippen LogP contribution in [0.15, 0.2) is 52.9 Å². The minimum atomic E-state index is -0.320. The Morgan fingerprint density at radius 1 is 1.10 bits per heavy atom. The lowest BCUT2D eigenvalue weighted by Gasteiger charge is -2.04. The van der Waals surface area contributed by atoms with Gasteiger partial charge in [-0.25, -0.2) is 4.39 Å². The molecule has 3 aromatic rings. The highest BCUT2D eigenvalue weighted by Crippen LogP contribution is 2.29. The van der Waals surface area contributed by atoms with Crippen LogP contribution in [-0.4, -0.2) is 6.54 Å². The van der Waals surface area contributed by atoms with Crippen LogP contribution >= 0.6 is 0 Å². The lowest BCUT2D eigenvalue weighted by Crippen LogP contribution is -2.13. The van der Waals surface area contributed by atoms with Gasteiger partial charge in [-0.3, -0.25) is 0 Å². The molecule has 1 aromatic heterocycles. The fourth-order valence-electron chi connectivity index (χ4n) is 2.37. The smallest absolute Gasteiger partial charge is 0.170 e. The molecule has 0 atom stereocenters. The van der Waals surface area contributed by atoms with Gasteiger partial charge in [0.15, 0.2) is 11.4 Å². The summed E-state index contributed by atoms with van der Waals surface area (Å²) in [5.41, 5.74) is 2.51. The van der Waals surface area contributed by atoms with Crippen molar-refractivity contribution in [1.82, 2.24) is 5.32 Å². The van der Waals surface area contributed by atoms with Gasteiger partial charge in [-0.1, -0.05) is 43.3 Å². The zero-order valence-corrected chi connectivity index (χ0v) is 12.0. The van der Waals surface area contributed by atoms with Crippen LogP contribution in [0.3, 0.4) is 0 Å². The number of nitrogens with one attached hydrogen (secondary N) is 1. The molecule has 0 aliphatic heterocycles. The van der Waals surface area contributed by atoms with Gasteiger partial charge < -0.3 is 9.73 Å². The number of hydrogen-bond donors (Lipinski definition) is 1.